The molecular formula is C10H11ClO. The van der Waals surface area contributed by atoms with Crippen molar-refractivity contribution in [1.29, 1.82) is 0 Å². The summed E-state index contributed by atoms with van der Waals surface area (Å²) in [7, 11) is 0. The van der Waals surface area contributed by atoms with Crippen LogP contribution in [0, 0.1) is 13.8 Å². The number of halogens is 1. The highest BCUT2D eigenvalue weighted by Gasteiger charge is 2.04. The number of ketones is 1. The van der Waals surface area contributed by atoms with Crippen molar-refractivity contribution in [3.05, 3.63) is 33.8 Å². The van der Waals surface area contributed by atoms with Crippen LogP contribution in [-0.4, -0.2) is 5.78 Å². The lowest BCUT2D eigenvalue weighted by Crippen LogP contribution is -1.94. The van der Waals surface area contributed by atoms with E-state index >= 15 is 0 Å². The Labute approximate surface area is 77.4 Å². The zero-order valence-corrected chi connectivity index (χ0v) is 8.20. The highest BCUT2D eigenvalue weighted by atomic mass is 35.5. The fourth-order valence-corrected chi connectivity index (χ4v) is 1.26. The van der Waals surface area contributed by atoms with Crippen LogP contribution in [0.4, 0.5) is 0 Å². The molecule has 2 heteroatoms. The molecule has 12 heavy (non-hydrogen) atoms. The molecule has 0 heterocycles. The van der Waals surface area contributed by atoms with Crippen LogP contribution < -0.4 is 0 Å². The predicted octanol–water partition coefficient (Wildman–Crippen LogP) is 3.16. The van der Waals surface area contributed by atoms with E-state index in [-0.39, 0.29) is 5.78 Å². The molecule has 0 saturated carbocycles. The summed E-state index contributed by atoms with van der Waals surface area (Å²) in [4.78, 5) is 11.0. The number of aryl methyl sites for hydroxylation is 2. The Balaban J connectivity index is 3.31. The summed E-state index contributed by atoms with van der Waals surface area (Å²) in [5.74, 6) is 0.0814. The van der Waals surface area contributed by atoms with Crippen molar-refractivity contribution in [3.8, 4) is 0 Å². The first-order valence-corrected chi connectivity index (χ1v) is 4.18. The van der Waals surface area contributed by atoms with Gasteiger partial charge in [0.25, 0.3) is 0 Å². The van der Waals surface area contributed by atoms with Crippen molar-refractivity contribution >= 4 is 17.4 Å². The van der Waals surface area contributed by atoms with Crippen LogP contribution in [0.3, 0.4) is 0 Å². The van der Waals surface area contributed by atoms with Crippen molar-refractivity contribution in [2.24, 2.45) is 0 Å². The third kappa shape index (κ3) is 1.67. The maximum absolute atomic E-state index is 11.0. The third-order valence-corrected chi connectivity index (χ3v) is 2.44. The molecule has 0 bridgehead atoms. The quantitative estimate of drug-likeness (QED) is 0.610. The lowest BCUT2D eigenvalue weighted by atomic mass is 10.1. The molecule has 1 aromatic carbocycles. The fraction of sp³-hybridized carbons (Fsp3) is 0.300. The summed E-state index contributed by atoms with van der Waals surface area (Å²) in [6.45, 7) is 5.37. The van der Waals surface area contributed by atoms with Crippen molar-refractivity contribution in [3.63, 3.8) is 0 Å². The average molecular weight is 183 g/mol. The van der Waals surface area contributed by atoms with Crippen LogP contribution in [-0.2, 0) is 0 Å². The second-order valence-corrected chi connectivity index (χ2v) is 3.36. The Morgan fingerprint density at radius 1 is 1.25 bits per heavy atom. The molecule has 1 rings (SSSR count). The second kappa shape index (κ2) is 3.28. The van der Waals surface area contributed by atoms with E-state index in [1.807, 2.05) is 26.0 Å². The maximum Gasteiger partial charge on any atom is 0.159 e. The van der Waals surface area contributed by atoms with E-state index in [1.165, 1.54) is 0 Å². The molecule has 0 atom stereocenters. The SMILES string of the molecule is CC(=O)c1cc(C)c(Cl)c(C)c1. The summed E-state index contributed by atoms with van der Waals surface area (Å²) in [6, 6.07) is 3.63. The minimum absolute atomic E-state index is 0.0814. The van der Waals surface area contributed by atoms with Crippen LogP contribution in [0.2, 0.25) is 5.02 Å². The molecule has 0 radical (unpaired) electrons. The molecule has 0 saturated heterocycles. The third-order valence-electron chi connectivity index (χ3n) is 1.84. The minimum Gasteiger partial charge on any atom is -0.295 e. The number of hydrogen-bond donors (Lipinski definition) is 0. The van der Waals surface area contributed by atoms with E-state index in [1.54, 1.807) is 6.92 Å². The zero-order chi connectivity index (χ0) is 9.30. The first kappa shape index (κ1) is 9.27. The van der Waals surface area contributed by atoms with Gasteiger partial charge in [0, 0.05) is 10.6 Å². The standard InChI is InChI=1S/C10H11ClO/c1-6-4-9(8(3)12)5-7(2)10(6)11/h4-5H,1-3H3. The first-order chi connectivity index (χ1) is 5.52. The lowest BCUT2D eigenvalue weighted by Gasteiger charge is -2.04. The van der Waals surface area contributed by atoms with Crippen LogP contribution in [0.25, 0.3) is 0 Å². The minimum atomic E-state index is 0.0814. The monoisotopic (exact) mass is 182 g/mol. The van der Waals surface area contributed by atoms with Gasteiger partial charge in [0.1, 0.15) is 0 Å². The Bertz CT molecular complexity index is 306. The van der Waals surface area contributed by atoms with E-state index in [9.17, 15) is 4.79 Å². The van der Waals surface area contributed by atoms with Gasteiger partial charge in [-0.15, -0.1) is 0 Å². The molecule has 0 aliphatic carbocycles. The summed E-state index contributed by atoms with van der Waals surface area (Å²) in [5, 5.41) is 0.750. The van der Waals surface area contributed by atoms with Crippen molar-refractivity contribution in [2.45, 2.75) is 20.8 Å². The Morgan fingerprint density at radius 2 is 1.67 bits per heavy atom. The van der Waals surface area contributed by atoms with Gasteiger partial charge in [-0.25, -0.2) is 0 Å². The number of hydrogen-bond acceptors (Lipinski definition) is 1. The molecule has 0 unspecified atom stereocenters. The molecule has 0 aliphatic heterocycles. The van der Waals surface area contributed by atoms with Gasteiger partial charge in [-0.1, -0.05) is 11.6 Å². The topological polar surface area (TPSA) is 17.1 Å². The van der Waals surface area contributed by atoms with Gasteiger partial charge in [0.05, 0.1) is 0 Å². The second-order valence-electron chi connectivity index (χ2n) is 2.98. The Kier molecular flexibility index (Phi) is 2.53. The highest BCUT2D eigenvalue weighted by molar-refractivity contribution is 6.32. The lowest BCUT2D eigenvalue weighted by molar-refractivity contribution is 0.101. The van der Waals surface area contributed by atoms with Gasteiger partial charge >= 0.3 is 0 Å². The number of carbonyl (C=O) groups is 1. The number of benzene rings is 1. The molecule has 64 valence electrons. The van der Waals surface area contributed by atoms with Gasteiger partial charge in [0.15, 0.2) is 5.78 Å². The van der Waals surface area contributed by atoms with Crippen molar-refractivity contribution in [1.82, 2.24) is 0 Å². The van der Waals surface area contributed by atoms with E-state index in [2.05, 4.69) is 0 Å². The maximum atomic E-state index is 11.0. The molecule has 0 aliphatic rings. The van der Waals surface area contributed by atoms with Gasteiger partial charge in [-0.3, -0.25) is 4.79 Å². The average Bonchev–Trinajstić information content (AvgIpc) is 1.99. The van der Waals surface area contributed by atoms with Crippen LogP contribution >= 0.6 is 11.6 Å². The van der Waals surface area contributed by atoms with Crippen molar-refractivity contribution in [2.75, 3.05) is 0 Å². The first-order valence-electron chi connectivity index (χ1n) is 3.80. The molecule has 0 amide bonds. The number of Topliss-reactive ketones (excluding diaryl/α,β-unsaturated/α-hetero) is 1. The summed E-state index contributed by atoms with van der Waals surface area (Å²) >= 11 is 5.94. The van der Waals surface area contributed by atoms with Crippen LogP contribution in [0.1, 0.15) is 28.4 Å². The van der Waals surface area contributed by atoms with E-state index in [0.29, 0.717) is 0 Å². The molecule has 0 spiro atoms. The fourth-order valence-electron chi connectivity index (χ4n) is 1.15. The predicted molar refractivity (Wildman–Crippen MR) is 50.9 cm³/mol. The highest BCUT2D eigenvalue weighted by Crippen LogP contribution is 2.21. The molecule has 0 aromatic heterocycles. The Hall–Kier alpha value is -0.820. The summed E-state index contributed by atoms with van der Waals surface area (Å²) in [5.41, 5.74) is 2.65. The zero-order valence-electron chi connectivity index (χ0n) is 7.44. The molecule has 1 nitrogen and oxygen atoms in total. The summed E-state index contributed by atoms with van der Waals surface area (Å²) in [6.07, 6.45) is 0. The number of rotatable bonds is 1. The van der Waals surface area contributed by atoms with Gasteiger partial charge in [-0.05, 0) is 44.0 Å². The Morgan fingerprint density at radius 3 is 2.00 bits per heavy atom. The van der Waals surface area contributed by atoms with Gasteiger partial charge < -0.3 is 0 Å². The molecular weight excluding hydrogens is 172 g/mol. The van der Waals surface area contributed by atoms with E-state index < -0.39 is 0 Å². The van der Waals surface area contributed by atoms with Gasteiger partial charge in [-0.2, -0.15) is 0 Å². The molecule has 0 fully saturated rings. The van der Waals surface area contributed by atoms with E-state index in [4.69, 9.17) is 11.6 Å². The van der Waals surface area contributed by atoms with Gasteiger partial charge in [0.2, 0.25) is 0 Å². The van der Waals surface area contributed by atoms with Crippen molar-refractivity contribution < 1.29 is 4.79 Å². The van der Waals surface area contributed by atoms with E-state index in [0.717, 1.165) is 21.7 Å². The summed E-state index contributed by atoms with van der Waals surface area (Å²) < 4.78 is 0. The van der Waals surface area contributed by atoms with Crippen LogP contribution in [0.15, 0.2) is 12.1 Å². The largest absolute Gasteiger partial charge is 0.295 e. The normalized spacial score (nSPS) is 10.0. The molecule has 1 aromatic rings. The number of carbonyl (C=O) groups excluding carboxylic acids is 1. The molecule has 0 N–H and O–H groups in total. The smallest absolute Gasteiger partial charge is 0.159 e. The van der Waals surface area contributed by atoms with Crippen LogP contribution in [0.5, 0.6) is 0 Å².